The Morgan fingerprint density at radius 2 is 2.15 bits per heavy atom. The number of anilines is 1. The zero-order valence-corrected chi connectivity index (χ0v) is 16.5. The van der Waals surface area contributed by atoms with Crippen LogP contribution in [-0.4, -0.2) is 37.4 Å². The number of nitrogen functional groups attached to an aromatic ring is 1. The van der Waals surface area contributed by atoms with Gasteiger partial charge in [0, 0.05) is 18.0 Å². The first-order valence-electron chi connectivity index (χ1n) is 8.56. The van der Waals surface area contributed by atoms with Gasteiger partial charge in [0.2, 0.25) is 0 Å². The van der Waals surface area contributed by atoms with E-state index < -0.39 is 0 Å². The summed E-state index contributed by atoms with van der Waals surface area (Å²) in [5, 5.41) is 3.37. The minimum Gasteiger partial charge on any atom is -0.497 e. The van der Waals surface area contributed by atoms with Crippen LogP contribution >= 0.6 is 23.6 Å². The Balaban J connectivity index is 1.54. The van der Waals surface area contributed by atoms with Gasteiger partial charge in [0.25, 0.3) is 5.91 Å². The van der Waals surface area contributed by atoms with Crippen molar-refractivity contribution < 1.29 is 14.3 Å². The number of rotatable bonds is 5. The van der Waals surface area contributed by atoms with E-state index in [0.29, 0.717) is 22.2 Å². The van der Waals surface area contributed by atoms with E-state index in [-0.39, 0.29) is 12.0 Å². The average molecular weight is 407 g/mol. The van der Waals surface area contributed by atoms with Crippen molar-refractivity contribution in [1.29, 1.82) is 0 Å². The van der Waals surface area contributed by atoms with Crippen molar-refractivity contribution in [3.8, 4) is 16.2 Å². The first-order chi connectivity index (χ1) is 13.1. The van der Waals surface area contributed by atoms with Crippen LogP contribution < -0.4 is 26.6 Å². The standard InChI is InChI=1S/C18H22N4O3S2/c1-24-12-6-4-11(5-7-12)15-9-14(19)16(27-15)17(23)21-22-18(26)20-10-13-3-2-8-25-13/h4-7,9,13H,2-3,8,10,19H2,1H3,(H,21,23)(H2,20,22,26)/t13-/m0/s1. The van der Waals surface area contributed by atoms with E-state index in [9.17, 15) is 4.79 Å². The van der Waals surface area contributed by atoms with E-state index in [0.717, 1.165) is 35.6 Å². The van der Waals surface area contributed by atoms with Crippen LogP contribution in [0.1, 0.15) is 22.5 Å². The highest BCUT2D eigenvalue weighted by Crippen LogP contribution is 2.33. The van der Waals surface area contributed by atoms with Crippen molar-refractivity contribution in [2.45, 2.75) is 18.9 Å². The van der Waals surface area contributed by atoms with E-state index in [1.165, 1.54) is 11.3 Å². The van der Waals surface area contributed by atoms with E-state index in [1.54, 1.807) is 13.2 Å². The molecule has 1 aromatic carbocycles. The van der Waals surface area contributed by atoms with E-state index in [2.05, 4.69) is 16.2 Å². The van der Waals surface area contributed by atoms with Crippen LogP contribution in [0.5, 0.6) is 5.75 Å². The summed E-state index contributed by atoms with van der Waals surface area (Å²) in [5.74, 6) is 0.438. The van der Waals surface area contributed by atoms with Crippen molar-refractivity contribution in [2.75, 3.05) is 26.0 Å². The van der Waals surface area contributed by atoms with Gasteiger partial charge in [-0.2, -0.15) is 0 Å². The molecule has 1 fully saturated rings. The molecule has 0 spiro atoms. The Kier molecular flexibility index (Phi) is 6.49. The number of thiophene rings is 1. The Bertz CT molecular complexity index is 801. The molecule has 2 aromatic rings. The molecule has 0 unspecified atom stereocenters. The van der Waals surface area contributed by atoms with Gasteiger partial charge in [0.1, 0.15) is 10.6 Å². The van der Waals surface area contributed by atoms with Gasteiger partial charge in [-0.25, -0.2) is 0 Å². The Labute approximate surface area is 167 Å². The van der Waals surface area contributed by atoms with Crippen LogP contribution in [0.3, 0.4) is 0 Å². The molecule has 0 bridgehead atoms. The number of hydrazine groups is 1. The van der Waals surface area contributed by atoms with Crippen molar-refractivity contribution in [1.82, 2.24) is 16.2 Å². The molecule has 1 amide bonds. The van der Waals surface area contributed by atoms with Crippen LogP contribution in [0.25, 0.3) is 10.4 Å². The third-order valence-corrected chi connectivity index (χ3v) is 5.59. The molecule has 7 nitrogen and oxygen atoms in total. The minimum atomic E-state index is -0.335. The molecule has 144 valence electrons. The van der Waals surface area contributed by atoms with Gasteiger partial charge in [-0.1, -0.05) is 0 Å². The maximum absolute atomic E-state index is 12.4. The van der Waals surface area contributed by atoms with Gasteiger partial charge >= 0.3 is 0 Å². The lowest BCUT2D eigenvalue weighted by Crippen LogP contribution is -2.48. The summed E-state index contributed by atoms with van der Waals surface area (Å²) in [6.07, 6.45) is 2.25. The van der Waals surface area contributed by atoms with Crippen LogP contribution in [-0.2, 0) is 4.74 Å². The highest BCUT2D eigenvalue weighted by atomic mass is 32.1. The zero-order valence-electron chi connectivity index (χ0n) is 14.9. The number of amides is 1. The molecule has 5 N–H and O–H groups in total. The molecule has 9 heteroatoms. The fraction of sp³-hybridized carbons (Fsp3) is 0.333. The van der Waals surface area contributed by atoms with Crippen LogP contribution in [0.2, 0.25) is 0 Å². The first kappa shape index (κ1) is 19.4. The lowest BCUT2D eigenvalue weighted by molar-refractivity contribution is 0.0948. The molecule has 1 aliphatic heterocycles. The number of benzene rings is 1. The monoisotopic (exact) mass is 406 g/mol. The number of ether oxygens (including phenoxy) is 2. The van der Waals surface area contributed by atoms with Crippen molar-refractivity contribution in [3.63, 3.8) is 0 Å². The number of hydrogen-bond acceptors (Lipinski definition) is 6. The maximum atomic E-state index is 12.4. The number of methoxy groups -OCH3 is 1. The van der Waals surface area contributed by atoms with Gasteiger partial charge in [0.15, 0.2) is 5.11 Å². The predicted molar refractivity (Wildman–Crippen MR) is 111 cm³/mol. The van der Waals surface area contributed by atoms with Crippen LogP contribution in [0.4, 0.5) is 5.69 Å². The van der Waals surface area contributed by atoms with Gasteiger partial charge in [0.05, 0.1) is 18.9 Å². The number of nitrogens with two attached hydrogens (primary N) is 1. The topological polar surface area (TPSA) is 97.6 Å². The van der Waals surface area contributed by atoms with Crippen LogP contribution in [0.15, 0.2) is 30.3 Å². The van der Waals surface area contributed by atoms with Gasteiger partial charge in [-0.15, -0.1) is 11.3 Å². The van der Waals surface area contributed by atoms with Gasteiger partial charge in [-0.05, 0) is 61.0 Å². The Hall–Kier alpha value is -2.36. The summed E-state index contributed by atoms with van der Waals surface area (Å²) in [5.41, 5.74) is 12.7. The third kappa shape index (κ3) is 5.09. The number of nitrogens with one attached hydrogen (secondary N) is 3. The molecule has 27 heavy (non-hydrogen) atoms. The maximum Gasteiger partial charge on any atom is 0.281 e. The molecule has 2 heterocycles. The third-order valence-electron chi connectivity index (χ3n) is 4.15. The molecule has 3 rings (SSSR count). The van der Waals surface area contributed by atoms with E-state index in [4.69, 9.17) is 27.4 Å². The Morgan fingerprint density at radius 1 is 1.37 bits per heavy atom. The lowest BCUT2D eigenvalue weighted by Gasteiger charge is -2.14. The second kappa shape index (κ2) is 9.03. The van der Waals surface area contributed by atoms with Gasteiger partial charge in [-0.3, -0.25) is 15.6 Å². The van der Waals surface area contributed by atoms with E-state index in [1.807, 2.05) is 24.3 Å². The zero-order chi connectivity index (χ0) is 19.2. The van der Waals surface area contributed by atoms with Crippen molar-refractivity contribution in [3.05, 3.63) is 35.2 Å². The highest BCUT2D eigenvalue weighted by molar-refractivity contribution is 7.80. The van der Waals surface area contributed by atoms with E-state index >= 15 is 0 Å². The normalized spacial score (nSPS) is 16.0. The van der Waals surface area contributed by atoms with Crippen molar-refractivity contribution in [2.24, 2.45) is 0 Å². The molecular weight excluding hydrogens is 384 g/mol. The highest BCUT2D eigenvalue weighted by Gasteiger charge is 2.17. The molecular formula is C18H22N4O3S2. The molecule has 0 aliphatic carbocycles. The molecule has 1 saturated heterocycles. The number of carbonyl (C=O) groups is 1. The number of carbonyl (C=O) groups excluding carboxylic acids is 1. The smallest absolute Gasteiger partial charge is 0.281 e. The second-order valence-corrected chi connectivity index (χ2v) is 7.51. The fourth-order valence-corrected chi connectivity index (χ4v) is 3.82. The fourth-order valence-electron chi connectivity index (χ4n) is 2.71. The summed E-state index contributed by atoms with van der Waals surface area (Å²) >= 11 is 6.48. The van der Waals surface area contributed by atoms with Crippen molar-refractivity contribution >= 4 is 40.3 Å². The number of hydrogen-bond donors (Lipinski definition) is 4. The number of thiocarbonyl (C=S) groups is 1. The second-order valence-electron chi connectivity index (χ2n) is 6.05. The molecule has 0 saturated carbocycles. The largest absolute Gasteiger partial charge is 0.497 e. The summed E-state index contributed by atoms with van der Waals surface area (Å²) in [6.45, 7) is 1.40. The minimum absolute atomic E-state index is 0.167. The summed E-state index contributed by atoms with van der Waals surface area (Å²) in [7, 11) is 1.62. The molecule has 0 radical (unpaired) electrons. The quantitative estimate of drug-likeness (QED) is 0.447. The first-order valence-corrected chi connectivity index (χ1v) is 9.79. The molecule has 1 atom stereocenters. The predicted octanol–water partition coefficient (Wildman–Crippen LogP) is 2.29. The summed E-state index contributed by atoms with van der Waals surface area (Å²) in [4.78, 5) is 13.7. The summed E-state index contributed by atoms with van der Waals surface area (Å²) in [6, 6.07) is 9.37. The molecule has 1 aliphatic rings. The van der Waals surface area contributed by atoms with Gasteiger partial charge < -0.3 is 20.5 Å². The Morgan fingerprint density at radius 3 is 2.81 bits per heavy atom. The summed E-state index contributed by atoms with van der Waals surface area (Å²) < 4.78 is 10.7. The SMILES string of the molecule is COc1ccc(-c2cc(N)c(C(=O)NNC(=S)NC[C@@H]3CCCO3)s2)cc1. The van der Waals surface area contributed by atoms with Crippen LogP contribution in [0, 0.1) is 0 Å². The molecule has 1 aromatic heterocycles. The lowest BCUT2D eigenvalue weighted by atomic mass is 10.2. The average Bonchev–Trinajstić information content (AvgIpc) is 3.34.